The average molecular weight is 254 g/mol. The first-order chi connectivity index (χ1) is 8.58. The van der Waals surface area contributed by atoms with E-state index in [-0.39, 0.29) is 12.4 Å². The summed E-state index contributed by atoms with van der Waals surface area (Å²) in [6, 6.07) is 5.58. The Morgan fingerprint density at radius 1 is 1.39 bits per heavy atom. The van der Waals surface area contributed by atoms with Crippen molar-refractivity contribution in [2.45, 2.75) is 33.0 Å². The number of methoxy groups -OCH3 is 1. The summed E-state index contributed by atoms with van der Waals surface area (Å²) < 4.78 is 18.5. The molecule has 0 heterocycles. The lowest BCUT2D eigenvalue weighted by atomic mass is 10.1. The van der Waals surface area contributed by atoms with Gasteiger partial charge >= 0.3 is 0 Å². The molecule has 0 radical (unpaired) electrons. The zero-order valence-corrected chi connectivity index (χ0v) is 11.4. The van der Waals surface area contributed by atoms with Crippen molar-refractivity contribution in [3.8, 4) is 0 Å². The van der Waals surface area contributed by atoms with Gasteiger partial charge in [0.25, 0.3) is 0 Å². The maximum absolute atomic E-state index is 13.4. The molecule has 2 N–H and O–H groups in total. The minimum atomic E-state index is -0.228. The van der Waals surface area contributed by atoms with E-state index in [2.05, 4.69) is 18.7 Å². The number of benzene rings is 1. The normalized spacial score (nSPS) is 11.5. The third-order valence-electron chi connectivity index (χ3n) is 3.03. The summed E-state index contributed by atoms with van der Waals surface area (Å²) in [6.45, 7) is 6.87. The van der Waals surface area contributed by atoms with Crippen molar-refractivity contribution in [3.05, 3.63) is 35.1 Å². The Labute approximate surface area is 109 Å². The number of hydrogen-bond donors (Lipinski definition) is 1. The maximum atomic E-state index is 13.4. The molecule has 102 valence electrons. The first-order valence-corrected chi connectivity index (χ1v) is 6.28. The molecule has 4 heteroatoms. The van der Waals surface area contributed by atoms with Crippen LogP contribution in [-0.4, -0.2) is 31.2 Å². The molecule has 1 aromatic rings. The zero-order chi connectivity index (χ0) is 13.5. The van der Waals surface area contributed by atoms with E-state index in [1.807, 2.05) is 12.1 Å². The summed E-state index contributed by atoms with van der Waals surface area (Å²) in [4.78, 5) is 2.29. The first-order valence-electron chi connectivity index (χ1n) is 6.28. The lowest BCUT2D eigenvalue weighted by Crippen LogP contribution is -2.33. The van der Waals surface area contributed by atoms with E-state index in [0.29, 0.717) is 18.2 Å². The van der Waals surface area contributed by atoms with Crippen molar-refractivity contribution in [3.63, 3.8) is 0 Å². The lowest BCUT2D eigenvalue weighted by Gasteiger charge is -2.26. The van der Waals surface area contributed by atoms with Gasteiger partial charge in [-0.05, 0) is 25.5 Å². The Morgan fingerprint density at radius 3 is 2.67 bits per heavy atom. The smallest absolute Gasteiger partial charge is 0.127 e. The molecule has 1 aromatic carbocycles. The summed E-state index contributed by atoms with van der Waals surface area (Å²) in [7, 11) is 1.70. The van der Waals surface area contributed by atoms with E-state index in [1.165, 1.54) is 6.07 Å². The van der Waals surface area contributed by atoms with E-state index < -0.39 is 0 Å². The second-order valence-electron chi connectivity index (χ2n) is 4.69. The van der Waals surface area contributed by atoms with Crippen LogP contribution >= 0.6 is 0 Å². The Hall–Kier alpha value is -0.970. The SMILES string of the molecule is COCCN(Cc1ccc(F)c(CN)c1)C(C)C. The van der Waals surface area contributed by atoms with Crippen LogP contribution in [0.2, 0.25) is 0 Å². The topological polar surface area (TPSA) is 38.5 Å². The van der Waals surface area contributed by atoms with Crippen molar-refractivity contribution in [2.75, 3.05) is 20.3 Å². The van der Waals surface area contributed by atoms with Crippen LogP contribution in [-0.2, 0) is 17.8 Å². The number of hydrogen-bond acceptors (Lipinski definition) is 3. The molecule has 0 aliphatic rings. The summed E-state index contributed by atoms with van der Waals surface area (Å²) >= 11 is 0. The van der Waals surface area contributed by atoms with Crippen molar-refractivity contribution in [1.29, 1.82) is 0 Å². The van der Waals surface area contributed by atoms with Gasteiger partial charge in [-0.1, -0.05) is 12.1 Å². The first kappa shape index (κ1) is 15.1. The fourth-order valence-corrected chi connectivity index (χ4v) is 1.85. The predicted octanol–water partition coefficient (Wildman–Crippen LogP) is 2.14. The Kier molecular flexibility index (Phi) is 6.25. The minimum absolute atomic E-state index is 0.228. The Morgan fingerprint density at radius 2 is 2.11 bits per heavy atom. The number of halogens is 1. The quantitative estimate of drug-likeness (QED) is 0.810. The van der Waals surface area contributed by atoms with Crippen LogP contribution in [0.3, 0.4) is 0 Å². The van der Waals surface area contributed by atoms with E-state index in [9.17, 15) is 4.39 Å². The molecule has 0 atom stereocenters. The molecule has 0 aliphatic heterocycles. The van der Waals surface area contributed by atoms with E-state index in [4.69, 9.17) is 10.5 Å². The number of rotatable bonds is 7. The van der Waals surface area contributed by atoms with Gasteiger partial charge in [-0.25, -0.2) is 4.39 Å². The number of nitrogens with two attached hydrogens (primary N) is 1. The molecule has 3 nitrogen and oxygen atoms in total. The monoisotopic (exact) mass is 254 g/mol. The van der Waals surface area contributed by atoms with Crippen LogP contribution in [0.5, 0.6) is 0 Å². The number of nitrogens with zero attached hydrogens (tertiary/aromatic N) is 1. The molecule has 0 bridgehead atoms. The third kappa shape index (κ3) is 4.37. The van der Waals surface area contributed by atoms with Gasteiger partial charge in [-0.15, -0.1) is 0 Å². The molecule has 0 saturated heterocycles. The molecule has 0 fully saturated rings. The summed E-state index contributed by atoms with van der Waals surface area (Å²) in [5, 5.41) is 0. The van der Waals surface area contributed by atoms with Crippen molar-refractivity contribution < 1.29 is 9.13 Å². The van der Waals surface area contributed by atoms with Gasteiger partial charge in [-0.2, -0.15) is 0 Å². The fraction of sp³-hybridized carbons (Fsp3) is 0.571. The van der Waals surface area contributed by atoms with Gasteiger partial charge < -0.3 is 10.5 Å². The van der Waals surface area contributed by atoms with Crippen LogP contribution in [0.1, 0.15) is 25.0 Å². The van der Waals surface area contributed by atoms with Gasteiger partial charge in [0.2, 0.25) is 0 Å². The summed E-state index contributed by atoms with van der Waals surface area (Å²) in [6.07, 6.45) is 0. The van der Waals surface area contributed by atoms with Crippen molar-refractivity contribution in [1.82, 2.24) is 4.90 Å². The largest absolute Gasteiger partial charge is 0.383 e. The molecular formula is C14H23FN2O. The highest BCUT2D eigenvalue weighted by Gasteiger charge is 2.11. The predicted molar refractivity (Wildman–Crippen MR) is 71.7 cm³/mol. The van der Waals surface area contributed by atoms with Crippen LogP contribution in [0, 0.1) is 5.82 Å². The molecule has 0 amide bonds. The Bertz CT molecular complexity index is 369. The second-order valence-corrected chi connectivity index (χ2v) is 4.69. The highest BCUT2D eigenvalue weighted by atomic mass is 19.1. The van der Waals surface area contributed by atoms with E-state index in [1.54, 1.807) is 7.11 Å². The van der Waals surface area contributed by atoms with Gasteiger partial charge in [0, 0.05) is 38.3 Å². The molecule has 0 saturated carbocycles. The standard InChI is InChI=1S/C14H23FN2O/c1-11(2)17(6-7-18-3)10-12-4-5-14(15)13(8-12)9-16/h4-5,8,11H,6-7,9-10,16H2,1-3H3. The van der Waals surface area contributed by atoms with Crippen molar-refractivity contribution in [2.24, 2.45) is 5.73 Å². The molecule has 0 unspecified atom stereocenters. The van der Waals surface area contributed by atoms with Gasteiger partial charge in [0.1, 0.15) is 5.82 Å². The van der Waals surface area contributed by atoms with Crippen molar-refractivity contribution >= 4 is 0 Å². The molecular weight excluding hydrogens is 231 g/mol. The summed E-state index contributed by atoms with van der Waals surface area (Å²) in [5.41, 5.74) is 7.17. The average Bonchev–Trinajstić information content (AvgIpc) is 2.36. The highest BCUT2D eigenvalue weighted by molar-refractivity contribution is 5.25. The lowest BCUT2D eigenvalue weighted by molar-refractivity contribution is 0.125. The van der Waals surface area contributed by atoms with Crippen LogP contribution in [0.4, 0.5) is 4.39 Å². The van der Waals surface area contributed by atoms with E-state index in [0.717, 1.165) is 18.7 Å². The molecule has 0 spiro atoms. The van der Waals surface area contributed by atoms with Crippen LogP contribution in [0.15, 0.2) is 18.2 Å². The fourth-order valence-electron chi connectivity index (χ4n) is 1.85. The Balaban J connectivity index is 2.74. The van der Waals surface area contributed by atoms with Crippen LogP contribution in [0.25, 0.3) is 0 Å². The molecule has 18 heavy (non-hydrogen) atoms. The van der Waals surface area contributed by atoms with Gasteiger partial charge in [0.05, 0.1) is 6.61 Å². The molecule has 1 rings (SSSR count). The van der Waals surface area contributed by atoms with Gasteiger partial charge in [-0.3, -0.25) is 4.90 Å². The molecule has 0 aromatic heterocycles. The zero-order valence-electron chi connectivity index (χ0n) is 11.4. The third-order valence-corrected chi connectivity index (χ3v) is 3.03. The molecule has 0 aliphatic carbocycles. The van der Waals surface area contributed by atoms with Crippen LogP contribution < -0.4 is 5.73 Å². The minimum Gasteiger partial charge on any atom is -0.383 e. The second kappa shape index (κ2) is 7.46. The highest BCUT2D eigenvalue weighted by Crippen LogP contribution is 2.13. The summed E-state index contributed by atoms with van der Waals surface area (Å²) in [5.74, 6) is -0.228. The van der Waals surface area contributed by atoms with E-state index >= 15 is 0 Å². The maximum Gasteiger partial charge on any atom is 0.127 e. The number of ether oxygens (including phenoxy) is 1. The van der Waals surface area contributed by atoms with Gasteiger partial charge in [0.15, 0.2) is 0 Å².